The fraction of sp³-hybridized carbons (Fsp3) is 0.583. The molecule has 0 atom stereocenters. The van der Waals surface area contributed by atoms with Crippen molar-refractivity contribution in [3.63, 3.8) is 0 Å². The van der Waals surface area contributed by atoms with E-state index in [1.54, 1.807) is 24.8 Å². The number of hydrogen-bond acceptors (Lipinski definition) is 5. The van der Waals surface area contributed by atoms with Gasteiger partial charge in [0, 0.05) is 13.0 Å². The summed E-state index contributed by atoms with van der Waals surface area (Å²) in [5.74, 6) is -0.593. The second kappa shape index (κ2) is 11.6. The maximum atomic E-state index is 13.4. The molecule has 1 aromatic carbocycles. The van der Waals surface area contributed by atoms with Gasteiger partial charge in [-0.1, -0.05) is 32.1 Å². The minimum atomic E-state index is -4.72. The summed E-state index contributed by atoms with van der Waals surface area (Å²) in [7, 11) is 1.38. The van der Waals surface area contributed by atoms with Gasteiger partial charge in [0.25, 0.3) is 5.91 Å². The lowest BCUT2D eigenvalue weighted by atomic mass is 10.0. The number of benzene rings is 1. The zero-order valence-corrected chi connectivity index (χ0v) is 20.5. The number of thiocarbonyl (C=S) groups is 1. The van der Waals surface area contributed by atoms with Crippen molar-refractivity contribution >= 4 is 34.9 Å². The molecule has 0 radical (unpaired) electrons. The van der Waals surface area contributed by atoms with Crippen LogP contribution in [0.4, 0.5) is 18.9 Å². The monoisotopic (exact) mass is 497 g/mol. The van der Waals surface area contributed by atoms with E-state index in [9.17, 15) is 22.8 Å². The molecular formula is C24H30F3N3O3S. The molecule has 0 aromatic heterocycles. The average Bonchev–Trinajstić information content (AvgIpc) is 2.95. The Kier molecular flexibility index (Phi) is 9.45. The number of hydrogen-bond donors (Lipinski definition) is 0. The highest BCUT2D eigenvalue weighted by Crippen LogP contribution is 2.38. The molecule has 34 heavy (non-hydrogen) atoms. The molecule has 1 amide bonds. The Balaban J connectivity index is 1.95. The van der Waals surface area contributed by atoms with Crippen LogP contribution in [0.2, 0.25) is 0 Å². The van der Waals surface area contributed by atoms with Crippen LogP contribution in [0.25, 0.3) is 0 Å². The van der Waals surface area contributed by atoms with Crippen LogP contribution in [-0.2, 0) is 20.5 Å². The first-order chi connectivity index (χ1) is 15.9. The predicted molar refractivity (Wildman–Crippen MR) is 126 cm³/mol. The third-order valence-electron chi connectivity index (χ3n) is 6.00. The number of rotatable bonds is 11. The first kappa shape index (κ1) is 27.6. The van der Waals surface area contributed by atoms with Gasteiger partial charge in [-0.15, -0.1) is 0 Å². The fourth-order valence-corrected chi connectivity index (χ4v) is 4.47. The minimum absolute atomic E-state index is 0.00357. The second-order valence-electron chi connectivity index (χ2n) is 8.77. The Hall–Kier alpha value is -2.67. The van der Waals surface area contributed by atoms with E-state index in [4.69, 9.17) is 17.5 Å². The van der Waals surface area contributed by atoms with Crippen molar-refractivity contribution in [2.75, 3.05) is 18.6 Å². The summed E-state index contributed by atoms with van der Waals surface area (Å²) in [6, 6.07) is 4.73. The fourth-order valence-electron chi connectivity index (χ4n) is 3.97. The smallest absolute Gasteiger partial charge is 0.417 e. The van der Waals surface area contributed by atoms with Gasteiger partial charge in [-0.25, -0.2) is 0 Å². The number of nitrogens with zero attached hydrogens (tertiary/aromatic N) is 3. The summed E-state index contributed by atoms with van der Waals surface area (Å²) in [6.45, 7) is 3.92. The van der Waals surface area contributed by atoms with Gasteiger partial charge in [-0.3, -0.25) is 14.5 Å². The van der Waals surface area contributed by atoms with E-state index < -0.39 is 28.7 Å². The summed E-state index contributed by atoms with van der Waals surface area (Å²) in [5.41, 5.74) is -2.58. The predicted octanol–water partition coefficient (Wildman–Crippen LogP) is 5.58. The van der Waals surface area contributed by atoms with Crippen LogP contribution in [-0.4, -0.2) is 41.1 Å². The molecule has 0 spiro atoms. The normalized spacial score (nSPS) is 15.6. The van der Waals surface area contributed by atoms with Crippen molar-refractivity contribution in [2.45, 2.75) is 76.9 Å². The molecule has 0 N–H and O–H groups in total. The molecule has 1 fully saturated rings. The molecule has 0 unspecified atom stereocenters. The van der Waals surface area contributed by atoms with Crippen LogP contribution in [0.3, 0.4) is 0 Å². The van der Waals surface area contributed by atoms with Crippen molar-refractivity contribution in [3.8, 4) is 6.07 Å². The van der Waals surface area contributed by atoms with E-state index in [2.05, 4.69) is 4.74 Å². The number of nitriles is 1. The van der Waals surface area contributed by atoms with E-state index in [0.717, 1.165) is 62.0 Å². The first-order valence-corrected chi connectivity index (χ1v) is 11.7. The third kappa shape index (κ3) is 6.47. The van der Waals surface area contributed by atoms with Gasteiger partial charge >= 0.3 is 12.1 Å². The molecule has 2 rings (SSSR count). The Morgan fingerprint density at radius 2 is 1.71 bits per heavy atom. The van der Waals surface area contributed by atoms with Crippen molar-refractivity contribution in [2.24, 2.45) is 0 Å². The maximum Gasteiger partial charge on any atom is 0.417 e. The summed E-state index contributed by atoms with van der Waals surface area (Å²) < 4.78 is 44.8. The van der Waals surface area contributed by atoms with Crippen LogP contribution in [0, 0.1) is 11.3 Å². The highest BCUT2D eigenvalue weighted by atomic mass is 32.1. The van der Waals surface area contributed by atoms with Gasteiger partial charge in [0.15, 0.2) is 5.11 Å². The van der Waals surface area contributed by atoms with Gasteiger partial charge in [0.1, 0.15) is 5.54 Å². The highest BCUT2D eigenvalue weighted by molar-refractivity contribution is 7.80. The number of alkyl halides is 3. The second-order valence-corrected chi connectivity index (χ2v) is 9.14. The molecule has 0 aliphatic carbocycles. The lowest BCUT2D eigenvalue weighted by molar-refractivity contribution is -0.141. The van der Waals surface area contributed by atoms with Crippen molar-refractivity contribution in [3.05, 3.63) is 29.3 Å². The molecule has 0 bridgehead atoms. The van der Waals surface area contributed by atoms with Gasteiger partial charge in [-0.05, 0) is 57.1 Å². The molecule has 1 saturated heterocycles. The van der Waals surface area contributed by atoms with E-state index in [1.807, 2.05) is 0 Å². The third-order valence-corrected chi connectivity index (χ3v) is 6.40. The Labute approximate surface area is 203 Å². The largest absolute Gasteiger partial charge is 0.469 e. The number of carbonyl (C=O) groups is 2. The summed E-state index contributed by atoms with van der Waals surface area (Å²) in [4.78, 5) is 27.1. The van der Waals surface area contributed by atoms with Crippen molar-refractivity contribution in [1.82, 2.24) is 4.90 Å². The number of esters is 1. The average molecular weight is 498 g/mol. The molecule has 1 heterocycles. The van der Waals surface area contributed by atoms with Crippen molar-refractivity contribution in [1.29, 1.82) is 5.26 Å². The van der Waals surface area contributed by atoms with Crippen LogP contribution in [0.15, 0.2) is 18.2 Å². The first-order valence-electron chi connectivity index (χ1n) is 11.3. The van der Waals surface area contributed by atoms with Crippen LogP contribution >= 0.6 is 12.2 Å². The maximum absolute atomic E-state index is 13.4. The quantitative estimate of drug-likeness (QED) is 0.226. The van der Waals surface area contributed by atoms with Crippen LogP contribution in [0.5, 0.6) is 0 Å². The molecule has 6 nitrogen and oxygen atoms in total. The van der Waals surface area contributed by atoms with E-state index >= 15 is 0 Å². The molecular weight excluding hydrogens is 467 g/mol. The zero-order chi connectivity index (χ0) is 25.5. The zero-order valence-electron chi connectivity index (χ0n) is 19.7. The molecule has 1 aromatic rings. The molecule has 186 valence electrons. The standard InChI is InChI=1S/C24H30F3N3O3S/c1-23(2)21(32)30(18-13-12-17(16-28)19(15-18)24(25,26)27)22(34)29(23)14-10-8-6-4-5-7-9-11-20(31)33-3/h12-13,15H,4-11,14H2,1-3H3. The summed E-state index contributed by atoms with van der Waals surface area (Å²) >= 11 is 5.49. The lowest BCUT2D eigenvalue weighted by Crippen LogP contribution is -2.44. The SMILES string of the molecule is COC(=O)CCCCCCCCCN1C(=S)N(c2ccc(C#N)c(C(F)(F)F)c2)C(=O)C1(C)C. The molecule has 0 saturated carbocycles. The highest BCUT2D eigenvalue weighted by Gasteiger charge is 2.49. The van der Waals surface area contributed by atoms with Crippen molar-refractivity contribution < 1.29 is 27.5 Å². The van der Waals surface area contributed by atoms with Crippen LogP contribution in [0.1, 0.15) is 76.3 Å². The Morgan fingerprint density at radius 3 is 2.26 bits per heavy atom. The van der Waals surface area contributed by atoms with Gasteiger partial charge in [0.2, 0.25) is 0 Å². The van der Waals surface area contributed by atoms with E-state index in [1.165, 1.54) is 13.2 Å². The molecule has 1 aliphatic rings. The summed E-state index contributed by atoms with van der Waals surface area (Å²) in [5, 5.41) is 9.18. The summed E-state index contributed by atoms with van der Waals surface area (Å²) in [6.07, 6.45) is 2.26. The molecule has 10 heteroatoms. The number of methoxy groups -OCH3 is 1. The number of carbonyl (C=O) groups excluding carboxylic acids is 2. The van der Waals surface area contributed by atoms with E-state index in [0.29, 0.717) is 13.0 Å². The molecule has 1 aliphatic heterocycles. The number of ether oxygens (including phenoxy) is 1. The number of unbranched alkanes of at least 4 members (excludes halogenated alkanes) is 6. The Morgan fingerprint density at radius 1 is 1.12 bits per heavy atom. The van der Waals surface area contributed by atoms with E-state index in [-0.39, 0.29) is 16.8 Å². The van der Waals surface area contributed by atoms with Gasteiger partial charge in [0.05, 0.1) is 30.0 Å². The topological polar surface area (TPSA) is 73.6 Å². The minimum Gasteiger partial charge on any atom is -0.469 e. The van der Waals surface area contributed by atoms with Gasteiger partial charge in [-0.2, -0.15) is 18.4 Å². The van der Waals surface area contributed by atoms with Crippen LogP contribution < -0.4 is 4.90 Å². The van der Waals surface area contributed by atoms with Gasteiger partial charge < -0.3 is 9.64 Å². The number of anilines is 1. The number of amides is 1. The lowest BCUT2D eigenvalue weighted by Gasteiger charge is -2.29. The Bertz CT molecular complexity index is 957. The number of halogens is 3.